The fourth-order valence-electron chi connectivity index (χ4n) is 4.88. The molecule has 1 saturated heterocycles. The third kappa shape index (κ3) is 5.37. The van der Waals surface area contributed by atoms with Crippen molar-refractivity contribution in [1.29, 1.82) is 0 Å². The smallest absolute Gasteiger partial charge is 0.233 e. The number of rotatable bonds is 8. The summed E-state index contributed by atoms with van der Waals surface area (Å²) in [4.78, 5) is 23.8. The molecule has 3 heterocycles. The molecule has 0 bridgehead atoms. The van der Waals surface area contributed by atoms with E-state index in [4.69, 9.17) is 9.47 Å². The number of pyridine rings is 1. The van der Waals surface area contributed by atoms with Crippen LogP contribution in [-0.4, -0.2) is 62.3 Å². The molecular formula is C28H32N4O3. The second-order valence-corrected chi connectivity index (χ2v) is 8.97. The number of hydrogen-bond donors (Lipinski definition) is 0. The number of amides is 1. The zero-order chi connectivity index (χ0) is 24.0. The minimum Gasteiger partial charge on any atom is -0.379 e. The van der Waals surface area contributed by atoms with Crippen molar-refractivity contribution in [2.75, 3.05) is 56.3 Å². The minimum atomic E-state index is -0.424. The molecule has 7 nitrogen and oxygen atoms in total. The predicted molar refractivity (Wildman–Crippen MR) is 136 cm³/mol. The molecule has 0 aliphatic carbocycles. The van der Waals surface area contributed by atoms with Gasteiger partial charge >= 0.3 is 0 Å². The molecule has 1 fully saturated rings. The second-order valence-electron chi connectivity index (χ2n) is 8.97. The Bertz CT molecular complexity index is 1120. The lowest BCUT2D eigenvalue weighted by atomic mass is 9.97. The summed E-state index contributed by atoms with van der Waals surface area (Å²) < 4.78 is 11.3. The number of aromatic nitrogens is 1. The SMILES string of the molecule is COC1c2ccccc2CC(=O)N1c1ccc(N(CCN2CCOCC2)Cc2ccncc2)cc1. The first-order valence-corrected chi connectivity index (χ1v) is 12.2. The van der Waals surface area contributed by atoms with Crippen LogP contribution in [0.2, 0.25) is 0 Å². The molecule has 1 aromatic heterocycles. The Kier molecular flexibility index (Phi) is 7.37. The minimum absolute atomic E-state index is 0.0456. The molecule has 3 aromatic rings. The van der Waals surface area contributed by atoms with Gasteiger partial charge in [0.2, 0.25) is 5.91 Å². The van der Waals surface area contributed by atoms with Gasteiger partial charge in [-0.3, -0.25) is 19.6 Å². The van der Waals surface area contributed by atoms with E-state index in [9.17, 15) is 4.79 Å². The molecule has 1 atom stereocenters. The maximum atomic E-state index is 13.1. The molecule has 7 heteroatoms. The predicted octanol–water partition coefficient (Wildman–Crippen LogP) is 3.65. The monoisotopic (exact) mass is 472 g/mol. The molecule has 1 amide bonds. The third-order valence-corrected chi connectivity index (χ3v) is 6.79. The normalized spacial score (nSPS) is 18.4. The van der Waals surface area contributed by atoms with Crippen LogP contribution in [0.5, 0.6) is 0 Å². The summed E-state index contributed by atoms with van der Waals surface area (Å²) in [6, 6.07) is 20.4. The van der Waals surface area contributed by atoms with E-state index >= 15 is 0 Å². The Morgan fingerprint density at radius 1 is 1.03 bits per heavy atom. The third-order valence-electron chi connectivity index (χ3n) is 6.79. The van der Waals surface area contributed by atoms with E-state index in [0.717, 1.165) is 68.4 Å². The first-order chi connectivity index (χ1) is 17.2. The van der Waals surface area contributed by atoms with Crippen LogP contribution >= 0.6 is 0 Å². The van der Waals surface area contributed by atoms with Gasteiger partial charge in [-0.25, -0.2) is 0 Å². The number of anilines is 2. The van der Waals surface area contributed by atoms with Crippen LogP contribution in [-0.2, 0) is 27.2 Å². The van der Waals surface area contributed by atoms with Crippen LogP contribution in [0.4, 0.5) is 11.4 Å². The van der Waals surface area contributed by atoms with Crippen molar-refractivity contribution in [3.05, 3.63) is 89.7 Å². The summed E-state index contributed by atoms with van der Waals surface area (Å²) in [6.45, 7) is 6.21. The van der Waals surface area contributed by atoms with Gasteiger partial charge in [-0.05, 0) is 47.5 Å². The maximum absolute atomic E-state index is 13.1. The zero-order valence-electron chi connectivity index (χ0n) is 20.2. The number of hydrogen-bond acceptors (Lipinski definition) is 6. The van der Waals surface area contributed by atoms with Gasteiger partial charge in [0, 0.05) is 69.2 Å². The van der Waals surface area contributed by atoms with Gasteiger partial charge in [-0.15, -0.1) is 0 Å². The van der Waals surface area contributed by atoms with Crippen LogP contribution in [0.3, 0.4) is 0 Å². The highest BCUT2D eigenvalue weighted by atomic mass is 16.5. The van der Waals surface area contributed by atoms with Crippen LogP contribution in [0.1, 0.15) is 22.9 Å². The molecule has 0 saturated carbocycles. The first-order valence-electron chi connectivity index (χ1n) is 12.2. The van der Waals surface area contributed by atoms with E-state index in [1.807, 2.05) is 48.8 Å². The Balaban J connectivity index is 1.37. The van der Waals surface area contributed by atoms with Crippen molar-refractivity contribution in [3.8, 4) is 0 Å². The molecule has 5 rings (SSSR count). The lowest BCUT2D eigenvalue weighted by Gasteiger charge is -2.36. The summed E-state index contributed by atoms with van der Waals surface area (Å²) in [5.41, 5.74) is 5.26. The number of benzene rings is 2. The fourth-order valence-corrected chi connectivity index (χ4v) is 4.88. The largest absolute Gasteiger partial charge is 0.379 e. The molecule has 1 unspecified atom stereocenters. The number of nitrogens with zero attached hydrogens (tertiary/aromatic N) is 4. The van der Waals surface area contributed by atoms with Crippen molar-refractivity contribution in [2.45, 2.75) is 19.2 Å². The average Bonchev–Trinajstić information content (AvgIpc) is 2.91. The fraction of sp³-hybridized carbons (Fsp3) is 0.357. The highest BCUT2D eigenvalue weighted by molar-refractivity contribution is 5.97. The summed E-state index contributed by atoms with van der Waals surface area (Å²) in [5.74, 6) is 0.0456. The van der Waals surface area contributed by atoms with E-state index in [-0.39, 0.29) is 5.91 Å². The topological polar surface area (TPSA) is 58.1 Å². The summed E-state index contributed by atoms with van der Waals surface area (Å²) in [7, 11) is 1.66. The van der Waals surface area contributed by atoms with Crippen molar-refractivity contribution in [3.63, 3.8) is 0 Å². The van der Waals surface area contributed by atoms with E-state index in [1.54, 1.807) is 12.0 Å². The lowest BCUT2D eigenvalue weighted by Crippen LogP contribution is -2.41. The Morgan fingerprint density at radius 3 is 2.51 bits per heavy atom. The van der Waals surface area contributed by atoms with Crippen LogP contribution in [0.25, 0.3) is 0 Å². The van der Waals surface area contributed by atoms with Crippen molar-refractivity contribution < 1.29 is 14.3 Å². The molecule has 2 aliphatic rings. The van der Waals surface area contributed by atoms with E-state index in [0.29, 0.717) is 6.42 Å². The quantitative estimate of drug-likeness (QED) is 0.499. The van der Waals surface area contributed by atoms with Crippen LogP contribution in [0, 0.1) is 0 Å². The van der Waals surface area contributed by atoms with Gasteiger partial charge in [0.1, 0.15) is 0 Å². The average molecular weight is 473 g/mol. The van der Waals surface area contributed by atoms with Gasteiger partial charge in [-0.1, -0.05) is 24.3 Å². The molecule has 35 heavy (non-hydrogen) atoms. The number of fused-ring (bicyclic) bond motifs is 1. The van der Waals surface area contributed by atoms with Gasteiger partial charge < -0.3 is 14.4 Å². The van der Waals surface area contributed by atoms with Crippen molar-refractivity contribution in [2.24, 2.45) is 0 Å². The van der Waals surface area contributed by atoms with Crippen LogP contribution in [0.15, 0.2) is 73.1 Å². The summed E-state index contributed by atoms with van der Waals surface area (Å²) in [5, 5.41) is 0. The standard InChI is InChI=1S/C28H32N4O3/c1-34-28-26-5-3-2-4-23(26)20-27(33)32(28)25-8-6-24(7-9-25)31(21-22-10-12-29-13-11-22)15-14-30-16-18-35-19-17-30/h2-13,28H,14-21H2,1H3. The van der Waals surface area contributed by atoms with Gasteiger partial charge in [-0.2, -0.15) is 0 Å². The molecule has 182 valence electrons. The molecule has 2 aliphatic heterocycles. The first kappa shape index (κ1) is 23.5. The van der Waals surface area contributed by atoms with E-state index in [2.05, 4.69) is 39.0 Å². The van der Waals surface area contributed by atoms with Gasteiger partial charge in [0.25, 0.3) is 0 Å². The molecule has 2 aromatic carbocycles. The molecular weight excluding hydrogens is 440 g/mol. The number of carbonyl (C=O) groups is 1. The summed E-state index contributed by atoms with van der Waals surface area (Å²) >= 11 is 0. The number of methoxy groups -OCH3 is 1. The van der Waals surface area contributed by atoms with Gasteiger partial charge in [0.15, 0.2) is 6.23 Å². The second kappa shape index (κ2) is 11.0. The Morgan fingerprint density at radius 2 is 1.77 bits per heavy atom. The van der Waals surface area contributed by atoms with E-state index in [1.165, 1.54) is 5.56 Å². The lowest BCUT2D eigenvalue weighted by molar-refractivity contribution is -0.121. The van der Waals surface area contributed by atoms with Crippen LogP contribution < -0.4 is 9.80 Å². The molecule has 0 radical (unpaired) electrons. The highest BCUT2D eigenvalue weighted by Gasteiger charge is 2.33. The zero-order valence-corrected chi connectivity index (χ0v) is 20.2. The van der Waals surface area contributed by atoms with E-state index < -0.39 is 6.23 Å². The number of morpholine rings is 1. The Hall–Kier alpha value is -3.26. The summed E-state index contributed by atoms with van der Waals surface area (Å²) in [6.07, 6.45) is 3.63. The maximum Gasteiger partial charge on any atom is 0.233 e. The molecule has 0 spiro atoms. The number of ether oxygens (including phenoxy) is 2. The number of carbonyl (C=O) groups excluding carboxylic acids is 1. The van der Waals surface area contributed by atoms with Gasteiger partial charge in [0.05, 0.1) is 19.6 Å². The van der Waals surface area contributed by atoms with Crippen molar-refractivity contribution >= 4 is 17.3 Å². The molecule has 0 N–H and O–H groups in total. The Labute approximate surface area is 206 Å². The highest BCUT2D eigenvalue weighted by Crippen LogP contribution is 2.35. The van der Waals surface area contributed by atoms with Crippen molar-refractivity contribution in [1.82, 2.24) is 9.88 Å².